The van der Waals surface area contributed by atoms with E-state index in [1.165, 1.54) is 0 Å². The Bertz CT molecular complexity index is 733. The summed E-state index contributed by atoms with van der Waals surface area (Å²) in [4.78, 5) is 55.6. The molecule has 3 aliphatic heterocycles. The van der Waals surface area contributed by atoms with Crippen LogP contribution in [-0.2, 0) is 19.2 Å². The van der Waals surface area contributed by atoms with Crippen molar-refractivity contribution in [2.75, 3.05) is 5.75 Å². The lowest BCUT2D eigenvalue weighted by Crippen LogP contribution is -2.55. The standard InChI is InChI=1S/C16H27N3O4S.C4H5NO3/c1-2-3-4-7-12(20)16(17,14(21)22)8-5-6-11-13-10(9-24-11)18-15(23)19-13;6-3-1-2-4(7)5(3)8/h10-11,13H,2-9,17H2,1H3,(H,21,22)(H2,18,19,23);8H,1-2H2/t10-,11-,13-,16?;/m0./s1. The molecule has 4 amide bonds. The van der Waals surface area contributed by atoms with E-state index in [0.717, 1.165) is 25.0 Å². The smallest absolute Gasteiger partial charge is 0.331 e. The summed E-state index contributed by atoms with van der Waals surface area (Å²) >= 11 is 1.77. The van der Waals surface area contributed by atoms with Crippen molar-refractivity contribution in [1.29, 1.82) is 0 Å². The van der Waals surface area contributed by atoms with Crippen LogP contribution in [0.2, 0.25) is 0 Å². The number of carboxylic acids is 1. The summed E-state index contributed by atoms with van der Waals surface area (Å²) in [5, 5.41) is 24.0. The van der Waals surface area contributed by atoms with Crippen molar-refractivity contribution in [1.82, 2.24) is 15.7 Å². The monoisotopic (exact) mass is 472 g/mol. The molecular formula is C20H32N4O7S. The average molecular weight is 473 g/mol. The highest BCUT2D eigenvalue weighted by Gasteiger charge is 2.44. The normalized spacial score (nSPS) is 26.0. The van der Waals surface area contributed by atoms with Crippen molar-refractivity contribution in [3.8, 4) is 0 Å². The molecule has 3 saturated heterocycles. The van der Waals surface area contributed by atoms with E-state index in [1.54, 1.807) is 11.8 Å². The van der Waals surface area contributed by atoms with Gasteiger partial charge in [0, 0.05) is 30.3 Å². The Morgan fingerprint density at radius 1 is 1.16 bits per heavy atom. The fourth-order valence-electron chi connectivity index (χ4n) is 3.91. The van der Waals surface area contributed by atoms with Gasteiger partial charge < -0.3 is 21.5 Å². The molecule has 4 atom stereocenters. The first-order valence-electron chi connectivity index (χ1n) is 10.9. The molecule has 12 heteroatoms. The van der Waals surface area contributed by atoms with Gasteiger partial charge in [0.1, 0.15) is 0 Å². The van der Waals surface area contributed by atoms with E-state index in [0.29, 0.717) is 12.8 Å². The first kappa shape index (κ1) is 26.1. The summed E-state index contributed by atoms with van der Waals surface area (Å²) < 4.78 is 0. The van der Waals surface area contributed by atoms with Gasteiger partial charge in [0.2, 0.25) is 0 Å². The predicted octanol–water partition coefficient (Wildman–Crippen LogP) is 0.778. The zero-order valence-corrected chi connectivity index (χ0v) is 19.0. The SMILES string of the molecule is CCCCCC(=O)C(N)(CCC[C@@H]1SC[C@@H]2NC(=O)N[C@@H]21)C(=O)O.O=C1CCC(=O)N1O. The first-order chi connectivity index (χ1) is 15.1. The number of hydroxylamine groups is 2. The van der Waals surface area contributed by atoms with Crippen LogP contribution in [0.3, 0.4) is 0 Å². The van der Waals surface area contributed by atoms with Crippen molar-refractivity contribution in [2.24, 2.45) is 5.73 Å². The Balaban J connectivity index is 0.000000380. The van der Waals surface area contributed by atoms with Crippen LogP contribution in [0, 0.1) is 0 Å². The van der Waals surface area contributed by atoms with Gasteiger partial charge in [-0.25, -0.2) is 9.59 Å². The van der Waals surface area contributed by atoms with Crippen molar-refractivity contribution in [3.05, 3.63) is 0 Å². The lowest BCUT2D eigenvalue weighted by molar-refractivity contribution is -0.171. The number of carboxylic acid groups (broad SMARTS) is 1. The third-order valence-corrected chi connectivity index (χ3v) is 7.42. The summed E-state index contributed by atoms with van der Waals surface area (Å²) in [7, 11) is 0. The number of rotatable bonds is 10. The van der Waals surface area contributed by atoms with Gasteiger partial charge in [-0.15, -0.1) is 0 Å². The number of nitrogens with two attached hydrogens (primary N) is 1. The van der Waals surface area contributed by atoms with Crippen LogP contribution in [-0.4, -0.2) is 73.6 Å². The Morgan fingerprint density at radius 2 is 1.81 bits per heavy atom. The number of nitrogens with zero attached hydrogens (tertiary/aromatic N) is 1. The largest absolute Gasteiger partial charge is 0.480 e. The van der Waals surface area contributed by atoms with Gasteiger partial charge in [0.05, 0.1) is 12.1 Å². The number of ketones is 1. The highest BCUT2D eigenvalue weighted by atomic mass is 32.2. The van der Waals surface area contributed by atoms with E-state index in [4.69, 9.17) is 10.9 Å². The van der Waals surface area contributed by atoms with Crippen LogP contribution in [0.15, 0.2) is 0 Å². The lowest BCUT2D eigenvalue weighted by Gasteiger charge is -2.24. The average Bonchev–Trinajstić information content (AvgIpc) is 3.39. The van der Waals surface area contributed by atoms with Gasteiger partial charge in [0.15, 0.2) is 11.3 Å². The fraction of sp³-hybridized carbons (Fsp3) is 0.750. The van der Waals surface area contributed by atoms with Crippen molar-refractivity contribution < 1.29 is 34.3 Å². The van der Waals surface area contributed by atoms with E-state index in [2.05, 4.69) is 10.6 Å². The van der Waals surface area contributed by atoms with E-state index in [1.807, 2.05) is 6.92 Å². The molecule has 0 aromatic heterocycles. The molecule has 0 saturated carbocycles. The number of carbonyl (C=O) groups is 5. The Hall–Kier alpha value is -2.18. The molecule has 6 N–H and O–H groups in total. The number of thioether (sulfide) groups is 1. The number of amides is 4. The number of Topliss-reactive ketones (excluding diaryl/α,β-unsaturated/α-hetero) is 1. The molecule has 0 aromatic carbocycles. The number of nitrogens with one attached hydrogen (secondary N) is 2. The van der Waals surface area contributed by atoms with Gasteiger partial charge in [-0.2, -0.15) is 16.8 Å². The second kappa shape index (κ2) is 11.6. The van der Waals surface area contributed by atoms with Crippen LogP contribution >= 0.6 is 11.8 Å². The topological polar surface area (TPSA) is 179 Å². The number of fused-ring (bicyclic) bond motifs is 1. The molecule has 0 aliphatic carbocycles. The second-order valence-electron chi connectivity index (χ2n) is 8.27. The van der Waals surface area contributed by atoms with E-state index >= 15 is 0 Å². The Kier molecular flexibility index (Phi) is 9.47. The Morgan fingerprint density at radius 3 is 2.34 bits per heavy atom. The summed E-state index contributed by atoms with van der Waals surface area (Å²) in [5.41, 5.74) is 4.16. The first-order valence-corrected chi connectivity index (χ1v) is 11.9. The number of carbonyl (C=O) groups excluding carboxylic acids is 4. The van der Waals surface area contributed by atoms with Crippen LogP contribution < -0.4 is 16.4 Å². The van der Waals surface area contributed by atoms with Gasteiger partial charge in [0.25, 0.3) is 11.8 Å². The highest BCUT2D eigenvalue weighted by Crippen LogP contribution is 2.33. The summed E-state index contributed by atoms with van der Waals surface area (Å²) in [6.45, 7) is 2.03. The van der Waals surface area contributed by atoms with E-state index < -0.39 is 23.3 Å². The maximum atomic E-state index is 12.3. The quantitative estimate of drug-likeness (QED) is 0.101. The van der Waals surface area contributed by atoms with E-state index in [9.17, 15) is 29.1 Å². The molecule has 3 heterocycles. The second-order valence-corrected chi connectivity index (χ2v) is 9.54. The van der Waals surface area contributed by atoms with Gasteiger partial charge >= 0.3 is 12.0 Å². The zero-order valence-electron chi connectivity index (χ0n) is 18.2. The molecule has 0 bridgehead atoms. The fourth-order valence-corrected chi connectivity index (χ4v) is 5.46. The number of aliphatic carboxylic acids is 1. The summed E-state index contributed by atoms with van der Waals surface area (Å²) in [6.07, 6.45) is 4.51. The minimum atomic E-state index is -1.78. The molecule has 0 aromatic rings. The molecule has 1 unspecified atom stereocenters. The zero-order chi connectivity index (χ0) is 23.9. The molecule has 180 valence electrons. The molecule has 3 fully saturated rings. The lowest BCUT2D eigenvalue weighted by atomic mass is 9.86. The molecule has 0 spiro atoms. The van der Waals surface area contributed by atoms with E-state index in [-0.39, 0.29) is 59.9 Å². The minimum absolute atomic E-state index is 0.0831. The maximum Gasteiger partial charge on any atom is 0.331 e. The van der Waals surface area contributed by atoms with Crippen molar-refractivity contribution in [3.63, 3.8) is 0 Å². The molecule has 3 aliphatic rings. The molecule has 32 heavy (non-hydrogen) atoms. The van der Waals surface area contributed by atoms with Gasteiger partial charge in [-0.1, -0.05) is 19.8 Å². The Labute approximate surface area is 190 Å². The van der Waals surface area contributed by atoms with Crippen LogP contribution in [0.25, 0.3) is 0 Å². The minimum Gasteiger partial charge on any atom is -0.480 e. The molecular weight excluding hydrogens is 440 g/mol. The van der Waals surface area contributed by atoms with Gasteiger partial charge in [-0.3, -0.25) is 19.6 Å². The number of imide groups is 1. The summed E-state index contributed by atoms with van der Waals surface area (Å²) in [5.74, 6) is -1.77. The number of hydrogen-bond donors (Lipinski definition) is 5. The molecule has 3 rings (SSSR count). The van der Waals surface area contributed by atoms with Crippen LogP contribution in [0.5, 0.6) is 0 Å². The van der Waals surface area contributed by atoms with Crippen molar-refractivity contribution in [2.45, 2.75) is 87.6 Å². The van der Waals surface area contributed by atoms with Gasteiger partial charge in [-0.05, 0) is 25.7 Å². The number of urea groups is 1. The summed E-state index contributed by atoms with van der Waals surface area (Å²) in [6, 6.07) is 0.0881. The molecule has 0 radical (unpaired) electrons. The molecule has 11 nitrogen and oxygen atoms in total. The van der Waals surface area contributed by atoms with Crippen molar-refractivity contribution >= 4 is 41.4 Å². The maximum absolute atomic E-state index is 12.3. The van der Waals surface area contributed by atoms with Crippen LogP contribution in [0.4, 0.5) is 4.79 Å². The third kappa shape index (κ3) is 6.42. The third-order valence-electron chi connectivity index (χ3n) is 5.91. The highest BCUT2D eigenvalue weighted by molar-refractivity contribution is 8.00. The predicted molar refractivity (Wildman–Crippen MR) is 116 cm³/mol. The van der Waals surface area contributed by atoms with Crippen LogP contribution in [0.1, 0.15) is 64.7 Å². The number of hydrogen-bond acceptors (Lipinski definition) is 8. The number of unbranched alkanes of at least 4 members (excludes halogenated alkanes) is 2.